The van der Waals surface area contributed by atoms with E-state index >= 15 is 0 Å². The number of hydrogen-bond donors (Lipinski definition) is 1. The van der Waals surface area contributed by atoms with Gasteiger partial charge in [0.25, 0.3) is 0 Å². The lowest BCUT2D eigenvalue weighted by Gasteiger charge is -2.08. The number of anilines is 1. The first kappa shape index (κ1) is 17.2. The van der Waals surface area contributed by atoms with Gasteiger partial charge in [0.2, 0.25) is 5.91 Å². The molecule has 23 heavy (non-hydrogen) atoms. The molecular formula is C18H18FNO2S. The molecule has 2 aromatic rings. The number of carbonyl (C=O) groups excluding carboxylic acids is 2. The number of benzene rings is 2. The Labute approximate surface area is 139 Å². The molecule has 120 valence electrons. The third kappa shape index (κ3) is 4.66. The van der Waals surface area contributed by atoms with E-state index < -0.39 is 5.82 Å². The zero-order valence-corrected chi connectivity index (χ0v) is 14.1. The van der Waals surface area contributed by atoms with Gasteiger partial charge in [-0.3, -0.25) is 9.59 Å². The van der Waals surface area contributed by atoms with Crippen LogP contribution < -0.4 is 5.32 Å². The molecule has 0 aliphatic rings. The van der Waals surface area contributed by atoms with E-state index in [9.17, 15) is 14.0 Å². The highest BCUT2D eigenvalue weighted by Crippen LogP contribution is 2.23. The Bertz CT molecular complexity index is 759. The van der Waals surface area contributed by atoms with Gasteiger partial charge in [0.15, 0.2) is 5.78 Å². The first-order chi connectivity index (χ1) is 10.9. The van der Waals surface area contributed by atoms with Crippen molar-refractivity contribution in [1.29, 1.82) is 0 Å². The lowest BCUT2D eigenvalue weighted by atomic mass is 10.1. The zero-order chi connectivity index (χ0) is 17.0. The first-order valence-electron chi connectivity index (χ1n) is 7.17. The highest BCUT2D eigenvalue weighted by molar-refractivity contribution is 8.00. The van der Waals surface area contributed by atoms with E-state index in [2.05, 4.69) is 5.32 Å². The highest BCUT2D eigenvalue weighted by Gasteiger charge is 2.10. The number of carbonyl (C=O) groups is 2. The summed E-state index contributed by atoms with van der Waals surface area (Å²) in [6.07, 6.45) is 0. The molecule has 0 saturated heterocycles. The predicted octanol–water partition coefficient (Wildman–Crippen LogP) is 4.38. The van der Waals surface area contributed by atoms with Crippen LogP contribution >= 0.6 is 11.8 Å². The minimum absolute atomic E-state index is 0.100. The van der Waals surface area contributed by atoms with Crippen LogP contribution in [-0.4, -0.2) is 17.4 Å². The van der Waals surface area contributed by atoms with E-state index in [1.54, 1.807) is 6.07 Å². The molecule has 0 fully saturated rings. The van der Waals surface area contributed by atoms with Gasteiger partial charge in [-0.2, -0.15) is 0 Å². The van der Waals surface area contributed by atoms with Crippen LogP contribution in [0.3, 0.4) is 0 Å². The molecule has 1 N–H and O–H groups in total. The van der Waals surface area contributed by atoms with Gasteiger partial charge >= 0.3 is 0 Å². The van der Waals surface area contributed by atoms with Crippen molar-refractivity contribution >= 4 is 29.1 Å². The van der Waals surface area contributed by atoms with Crippen LogP contribution in [0.4, 0.5) is 10.1 Å². The largest absolute Gasteiger partial charge is 0.325 e. The predicted molar refractivity (Wildman–Crippen MR) is 91.7 cm³/mol. The second-order valence-corrected chi connectivity index (χ2v) is 6.35. The van der Waals surface area contributed by atoms with E-state index in [1.807, 2.05) is 32.0 Å². The Balaban J connectivity index is 1.96. The number of thioether (sulfide) groups is 1. The van der Waals surface area contributed by atoms with E-state index in [-0.39, 0.29) is 17.4 Å². The van der Waals surface area contributed by atoms with E-state index in [0.29, 0.717) is 10.5 Å². The number of hydrogen-bond acceptors (Lipinski definition) is 3. The summed E-state index contributed by atoms with van der Waals surface area (Å²) in [4.78, 5) is 23.5. The zero-order valence-electron chi connectivity index (χ0n) is 13.3. The molecule has 0 heterocycles. The van der Waals surface area contributed by atoms with Crippen molar-refractivity contribution in [3.63, 3.8) is 0 Å². The van der Waals surface area contributed by atoms with Crippen molar-refractivity contribution in [3.05, 3.63) is 58.9 Å². The third-order valence-electron chi connectivity index (χ3n) is 3.49. The molecule has 5 heteroatoms. The molecule has 2 aromatic carbocycles. The normalized spacial score (nSPS) is 10.4. The highest BCUT2D eigenvalue weighted by atomic mass is 32.2. The number of Topliss-reactive ketones (excluding diaryl/α,β-unsaturated/α-hetero) is 1. The maximum atomic E-state index is 13.9. The maximum absolute atomic E-state index is 13.9. The molecule has 0 radical (unpaired) electrons. The van der Waals surface area contributed by atoms with Gasteiger partial charge in [0.1, 0.15) is 5.82 Å². The lowest BCUT2D eigenvalue weighted by Crippen LogP contribution is -2.14. The van der Waals surface area contributed by atoms with Crippen molar-refractivity contribution in [2.24, 2.45) is 0 Å². The van der Waals surface area contributed by atoms with Crippen molar-refractivity contribution in [3.8, 4) is 0 Å². The summed E-state index contributed by atoms with van der Waals surface area (Å²) >= 11 is 1.10. The summed E-state index contributed by atoms with van der Waals surface area (Å²) in [7, 11) is 0. The average molecular weight is 331 g/mol. The van der Waals surface area contributed by atoms with Gasteiger partial charge in [-0.15, -0.1) is 11.8 Å². The third-order valence-corrected chi connectivity index (χ3v) is 4.54. The summed E-state index contributed by atoms with van der Waals surface area (Å²) in [5.41, 5.74) is 3.31. The molecule has 0 atom stereocenters. The Morgan fingerprint density at radius 2 is 1.83 bits per heavy atom. The standard InChI is InChI=1S/C18H18FNO2S/c1-11-4-6-15(8-12(11)2)20-18(22)10-23-17-7-5-14(13(3)21)9-16(17)19/h4-9H,10H2,1-3H3,(H,20,22). The Morgan fingerprint density at radius 3 is 2.43 bits per heavy atom. The molecule has 0 spiro atoms. The monoisotopic (exact) mass is 331 g/mol. The summed E-state index contributed by atoms with van der Waals surface area (Å²) < 4.78 is 13.9. The number of nitrogens with one attached hydrogen (secondary N) is 1. The van der Waals surface area contributed by atoms with E-state index in [0.717, 1.165) is 28.6 Å². The smallest absolute Gasteiger partial charge is 0.234 e. The van der Waals surface area contributed by atoms with Gasteiger partial charge in [0.05, 0.1) is 5.75 Å². The fourth-order valence-electron chi connectivity index (χ4n) is 2.00. The summed E-state index contributed by atoms with van der Waals surface area (Å²) in [5, 5.41) is 2.79. The number of halogens is 1. The van der Waals surface area contributed by atoms with Gasteiger partial charge in [-0.1, -0.05) is 12.1 Å². The van der Waals surface area contributed by atoms with Crippen LogP contribution in [0, 0.1) is 19.7 Å². The van der Waals surface area contributed by atoms with Gasteiger partial charge in [-0.25, -0.2) is 4.39 Å². The molecular weight excluding hydrogens is 313 g/mol. The summed E-state index contributed by atoms with van der Waals surface area (Å²) in [6, 6.07) is 9.98. The van der Waals surface area contributed by atoms with Crippen LogP contribution in [0.25, 0.3) is 0 Å². The quantitative estimate of drug-likeness (QED) is 0.653. The van der Waals surface area contributed by atoms with Crippen LogP contribution in [0.1, 0.15) is 28.4 Å². The molecule has 0 aromatic heterocycles. The molecule has 0 aliphatic carbocycles. The van der Waals surface area contributed by atoms with E-state index in [1.165, 1.54) is 19.1 Å². The fourth-order valence-corrected chi connectivity index (χ4v) is 2.72. The van der Waals surface area contributed by atoms with Crippen LogP contribution in [0.15, 0.2) is 41.3 Å². The molecule has 0 saturated carbocycles. The molecule has 3 nitrogen and oxygen atoms in total. The fraction of sp³-hybridized carbons (Fsp3) is 0.222. The first-order valence-corrected chi connectivity index (χ1v) is 8.16. The van der Waals surface area contributed by atoms with Gasteiger partial charge in [0, 0.05) is 16.1 Å². The molecule has 2 rings (SSSR count). The Kier molecular flexibility index (Phi) is 5.55. The molecule has 1 amide bonds. The topological polar surface area (TPSA) is 46.2 Å². The van der Waals surface area contributed by atoms with Crippen LogP contribution in [0.5, 0.6) is 0 Å². The molecule has 0 aliphatic heterocycles. The lowest BCUT2D eigenvalue weighted by molar-refractivity contribution is -0.113. The van der Waals surface area contributed by atoms with E-state index in [4.69, 9.17) is 0 Å². The SMILES string of the molecule is CC(=O)c1ccc(SCC(=O)Nc2ccc(C)c(C)c2)c(F)c1. The molecule has 0 bridgehead atoms. The number of amides is 1. The minimum atomic E-state index is -0.485. The van der Waals surface area contributed by atoms with Gasteiger partial charge in [-0.05, 0) is 56.2 Å². The number of rotatable bonds is 5. The minimum Gasteiger partial charge on any atom is -0.325 e. The number of ketones is 1. The Morgan fingerprint density at radius 1 is 1.09 bits per heavy atom. The van der Waals surface area contributed by atoms with Crippen LogP contribution in [-0.2, 0) is 4.79 Å². The summed E-state index contributed by atoms with van der Waals surface area (Å²) in [6.45, 7) is 5.37. The van der Waals surface area contributed by atoms with Crippen molar-refractivity contribution in [2.75, 3.05) is 11.1 Å². The second-order valence-electron chi connectivity index (χ2n) is 5.34. The second kappa shape index (κ2) is 7.42. The van der Waals surface area contributed by atoms with Crippen LogP contribution in [0.2, 0.25) is 0 Å². The van der Waals surface area contributed by atoms with Crippen molar-refractivity contribution in [1.82, 2.24) is 0 Å². The number of aryl methyl sites for hydroxylation is 2. The molecule has 0 unspecified atom stereocenters. The Hall–Kier alpha value is -2.14. The van der Waals surface area contributed by atoms with Gasteiger partial charge < -0.3 is 5.32 Å². The van der Waals surface area contributed by atoms with Crippen molar-refractivity contribution in [2.45, 2.75) is 25.7 Å². The summed E-state index contributed by atoms with van der Waals surface area (Å²) in [5.74, 6) is -0.772. The average Bonchev–Trinajstić information content (AvgIpc) is 2.49. The van der Waals surface area contributed by atoms with Crippen molar-refractivity contribution < 1.29 is 14.0 Å². The maximum Gasteiger partial charge on any atom is 0.234 e.